The van der Waals surface area contributed by atoms with E-state index in [1.165, 1.54) is 5.56 Å². The van der Waals surface area contributed by atoms with Crippen LogP contribution >= 0.6 is 0 Å². The number of nitrogens with zero attached hydrogens (tertiary/aromatic N) is 1. The molecular formula is C16H21N3O. The second kappa shape index (κ2) is 6.39. The highest BCUT2D eigenvalue weighted by Crippen LogP contribution is 2.09. The van der Waals surface area contributed by atoms with E-state index >= 15 is 0 Å². The molecule has 0 radical (unpaired) electrons. The Balaban J connectivity index is 2.03. The van der Waals surface area contributed by atoms with Gasteiger partial charge in [0.05, 0.1) is 0 Å². The minimum Gasteiger partial charge on any atom is -0.347 e. The lowest BCUT2D eigenvalue weighted by Gasteiger charge is -2.11. The van der Waals surface area contributed by atoms with Crippen molar-refractivity contribution >= 4 is 5.91 Å². The molecule has 0 aliphatic carbocycles. The molecule has 0 aliphatic heterocycles. The maximum Gasteiger partial charge on any atom is 0.268 e. The van der Waals surface area contributed by atoms with Crippen LogP contribution in [0.15, 0.2) is 36.4 Å². The van der Waals surface area contributed by atoms with E-state index in [0.717, 1.165) is 11.3 Å². The van der Waals surface area contributed by atoms with E-state index in [0.29, 0.717) is 25.3 Å². The van der Waals surface area contributed by atoms with Gasteiger partial charge in [0, 0.05) is 25.3 Å². The lowest BCUT2D eigenvalue weighted by atomic mass is 10.1. The molecule has 20 heavy (non-hydrogen) atoms. The molecule has 106 valence electrons. The van der Waals surface area contributed by atoms with Crippen LogP contribution in [-0.2, 0) is 13.1 Å². The Morgan fingerprint density at radius 3 is 2.50 bits per heavy atom. The first-order valence-corrected chi connectivity index (χ1v) is 6.81. The Morgan fingerprint density at radius 1 is 1.15 bits per heavy atom. The van der Waals surface area contributed by atoms with Gasteiger partial charge in [-0.1, -0.05) is 29.8 Å². The number of carbonyl (C=O) groups is 1. The van der Waals surface area contributed by atoms with Gasteiger partial charge < -0.3 is 15.6 Å². The Morgan fingerprint density at radius 2 is 1.85 bits per heavy atom. The number of rotatable bonds is 5. The summed E-state index contributed by atoms with van der Waals surface area (Å²) in [6.07, 6.45) is 0. The van der Waals surface area contributed by atoms with E-state index in [-0.39, 0.29) is 5.91 Å². The van der Waals surface area contributed by atoms with Crippen LogP contribution in [0.5, 0.6) is 0 Å². The van der Waals surface area contributed by atoms with Gasteiger partial charge in [0.2, 0.25) is 0 Å². The van der Waals surface area contributed by atoms with Gasteiger partial charge in [-0.25, -0.2) is 0 Å². The second-order valence-electron chi connectivity index (χ2n) is 4.97. The summed E-state index contributed by atoms with van der Waals surface area (Å²) in [7, 11) is 0. The van der Waals surface area contributed by atoms with E-state index in [9.17, 15) is 4.79 Å². The van der Waals surface area contributed by atoms with Gasteiger partial charge in [0.15, 0.2) is 0 Å². The smallest absolute Gasteiger partial charge is 0.268 e. The number of benzene rings is 1. The molecule has 1 amide bonds. The van der Waals surface area contributed by atoms with Gasteiger partial charge in [0.25, 0.3) is 5.91 Å². The lowest BCUT2D eigenvalue weighted by molar-refractivity contribution is 0.0941. The van der Waals surface area contributed by atoms with Crippen LogP contribution in [0.25, 0.3) is 0 Å². The predicted octanol–water partition coefficient (Wildman–Crippen LogP) is 1.99. The molecule has 2 aromatic rings. The van der Waals surface area contributed by atoms with Gasteiger partial charge in [-0.2, -0.15) is 0 Å². The van der Waals surface area contributed by atoms with Crippen molar-refractivity contribution in [2.75, 3.05) is 6.54 Å². The Labute approximate surface area is 119 Å². The molecule has 0 saturated heterocycles. The van der Waals surface area contributed by atoms with Crippen LogP contribution in [-0.4, -0.2) is 17.0 Å². The first kappa shape index (κ1) is 14.3. The molecule has 4 nitrogen and oxygen atoms in total. The van der Waals surface area contributed by atoms with Crippen molar-refractivity contribution in [1.29, 1.82) is 0 Å². The third-order valence-corrected chi connectivity index (χ3v) is 3.36. The highest BCUT2D eigenvalue weighted by molar-refractivity contribution is 5.92. The van der Waals surface area contributed by atoms with Crippen molar-refractivity contribution in [2.24, 2.45) is 5.73 Å². The number of nitrogens with one attached hydrogen (secondary N) is 1. The van der Waals surface area contributed by atoms with Crippen molar-refractivity contribution < 1.29 is 4.79 Å². The van der Waals surface area contributed by atoms with E-state index in [1.807, 2.05) is 54.8 Å². The SMILES string of the molecule is Cc1ccc(CNC(=O)c2ccc(C)n2CCN)cc1. The maximum atomic E-state index is 12.2. The third-order valence-electron chi connectivity index (χ3n) is 3.36. The quantitative estimate of drug-likeness (QED) is 0.873. The normalized spacial score (nSPS) is 10.6. The molecule has 2 rings (SSSR count). The number of hydrogen-bond donors (Lipinski definition) is 2. The average Bonchev–Trinajstić information content (AvgIpc) is 2.80. The van der Waals surface area contributed by atoms with Crippen LogP contribution in [0.3, 0.4) is 0 Å². The predicted molar refractivity (Wildman–Crippen MR) is 80.6 cm³/mol. The molecule has 1 aromatic carbocycles. The standard InChI is InChI=1S/C16H21N3O/c1-12-3-6-14(7-4-12)11-18-16(20)15-8-5-13(2)19(15)10-9-17/h3-8H,9-11,17H2,1-2H3,(H,18,20). The lowest BCUT2D eigenvalue weighted by Crippen LogP contribution is -2.26. The third kappa shape index (κ3) is 3.27. The van der Waals surface area contributed by atoms with Crippen molar-refractivity contribution in [3.63, 3.8) is 0 Å². The summed E-state index contributed by atoms with van der Waals surface area (Å²) in [5.41, 5.74) is 9.61. The number of aryl methyl sites for hydroxylation is 2. The first-order chi connectivity index (χ1) is 9.61. The van der Waals surface area contributed by atoms with Crippen LogP contribution in [0, 0.1) is 13.8 Å². The summed E-state index contributed by atoms with van der Waals surface area (Å²) in [6, 6.07) is 11.9. The van der Waals surface area contributed by atoms with E-state index in [4.69, 9.17) is 5.73 Å². The number of amides is 1. The number of hydrogen-bond acceptors (Lipinski definition) is 2. The highest BCUT2D eigenvalue weighted by Gasteiger charge is 2.12. The molecule has 1 aromatic heterocycles. The molecule has 1 heterocycles. The molecule has 0 unspecified atom stereocenters. The average molecular weight is 271 g/mol. The fourth-order valence-electron chi connectivity index (χ4n) is 2.17. The zero-order chi connectivity index (χ0) is 14.5. The molecule has 0 spiro atoms. The van der Waals surface area contributed by atoms with Crippen molar-refractivity contribution in [2.45, 2.75) is 26.9 Å². The van der Waals surface area contributed by atoms with Crippen molar-refractivity contribution in [3.05, 3.63) is 58.9 Å². The molecule has 0 bridgehead atoms. The van der Waals surface area contributed by atoms with Gasteiger partial charge in [-0.15, -0.1) is 0 Å². The highest BCUT2D eigenvalue weighted by atomic mass is 16.1. The molecule has 0 fully saturated rings. The Bertz CT molecular complexity index is 584. The zero-order valence-electron chi connectivity index (χ0n) is 12.0. The number of aromatic nitrogens is 1. The van der Waals surface area contributed by atoms with E-state index in [2.05, 4.69) is 5.32 Å². The summed E-state index contributed by atoms with van der Waals surface area (Å²) in [5, 5.41) is 2.95. The second-order valence-corrected chi connectivity index (χ2v) is 4.97. The summed E-state index contributed by atoms with van der Waals surface area (Å²) in [6.45, 7) is 5.74. The Hall–Kier alpha value is -2.07. The largest absolute Gasteiger partial charge is 0.347 e. The first-order valence-electron chi connectivity index (χ1n) is 6.81. The molecular weight excluding hydrogens is 250 g/mol. The van der Waals surface area contributed by atoms with Gasteiger partial charge >= 0.3 is 0 Å². The fourth-order valence-corrected chi connectivity index (χ4v) is 2.17. The topological polar surface area (TPSA) is 60.0 Å². The van der Waals surface area contributed by atoms with E-state index < -0.39 is 0 Å². The molecule has 4 heteroatoms. The zero-order valence-corrected chi connectivity index (χ0v) is 12.0. The van der Waals surface area contributed by atoms with Gasteiger partial charge in [0.1, 0.15) is 5.69 Å². The van der Waals surface area contributed by atoms with Gasteiger partial charge in [-0.3, -0.25) is 4.79 Å². The summed E-state index contributed by atoms with van der Waals surface area (Å²) >= 11 is 0. The minimum atomic E-state index is -0.0628. The molecule has 0 atom stereocenters. The monoisotopic (exact) mass is 271 g/mol. The number of carbonyl (C=O) groups excluding carboxylic acids is 1. The van der Waals surface area contributed by atoms with Crippen LogP contribution in [0.1, 0.15) is 27.3 Å². The summed E-state index contributed by atoms with van der Waals surface area (Å²) in [5.74, 6) is -0.0628. The minimum absolute atomic E-state index is 0.0628. The molecule has 0 saturated carbocycles. The van der Waals surface area contributed by atoms with Crippen molar-refractivity contribution in [1.82, 2.24) is 9.88 Å². The van der Waals surface area contributed by atoms with Gasteiger partial charge in [-0.05, 0) is 31.5 Å². The maximum absolute atomic E-state index is 12.2. The summed E-state index contributed by atoms with van der Waals surface area (Å²) in [4.78, 5) is 12.2. The molecule has 0 aliphatic rings. The Kier molecular flexibility index (Phi) is 4.58. The van der Waals surface area contributed by atoms with Crippen LogP contribution in [0.2, 0.25) is 0 Å². The van der Waals surface area contributed by atoms with Crippen molar-refractivity contribution in [3.8, 4) is 0 Å². The fraction of sp³-hybridized carbons (Fsp3) is 0.312. The summed E-state index contributed by atoms with van der Waals surface area (Å²) < 4.78 is 1.95. The van der Waals surface area contributed by atoms with Crippen LogP contribution in [0.4, 0.5) is 0 Å². The van der Waals surface area contributed by atoms with Crippen LogP contribution < -0.4 is 11.1 Å². The molecule has 3 N–H and O–H groups in total. The van der Waals surface area contributed by atoms with E-state index in [1.54, 1.807) is 0 Å². The number of nitrogens with two attached hydrogens (primary N) is 1.